The molecular weight excluding hydrogens is 267 g/mol. The maximum Gasteiger partial charge on any atom is 0.175 e. The lowest BCUT2D eigenvalue weighted by atomic mass is 9.73. The molecule has 1 unspecified atom stereocenters. The van der Waals surface area contributed by atoms with E-state index in [0.29, 0.717) is 17.8 Å². The van der Waals surface area contributed by atoms with Crippen LogP contribution in [-0.4, -0.2) is 19.5 Å². The molecule has 1 aromatic rings. The Morgan fingerprint density at radius 3 is 2.89 bits per heavy atom. The van der Waals surface area contributed by atoms with Gasteiger partial charge in [-0.2, -0.15) is 0 Å². The third-order valence-electron chi connectivity index (χ3n) is 3.78. The molecule has 0 amide bonds. The van der Waals surface area contributed by atoms with E-state index < -0.39 is 11.4 Å². The molecule has 0 bridgehead atoms. The van der Waals surface area contributed by atoms with Crippen molar-refractivity contribution < 1.29 is 9.13 Å². The quantitative estimate of drug-likeness (QED) is 0.791. The standard InChI is InChI=1S/C14H16ClFN2O/c1-13(2)5-14(7-17-6-13)11-10(18-8-19-14)4-3-9(15)12(11)16/h3-4,8,17H,5-7H2,1-2H3. The summed E-state index contributed by atoms with van der Waals surface area (Å²) in [6.07, 6.45) is 2.14. The van der Waals surface area contributed by atoms with Crippen LogP contribution in [0.2, 0.25) is 5.02 Å². The van der Waals surface area contributed by atoms with Gasteiger partial charge in [0.1, 0.15) is 0 Å². The summed E-state index contributed by atoms with van der Waals surface area (Å²) in [5, 5.41) is 3.44. The average Bonchev–Trinajstić information content (AvgIpc) is 2.32. The van der Waals surface area contributed by atoms with Gasteiger partial charge < -0.3 is 10.1 Å². The molecule has 1 saturated heterocycles. The second-order valence-electron chi connectivity index (χ2n) is 6.05. The van der Waals surface area contributed by atoms with E-state index in [9.17, 15) is 4.39 Å². The van der Waals surface area contributed by atoms with Gasteiger partial charge in [0.15, 0.2) is 17.8 Å². The monoisotopic (exact) mass is 282 g/mol. The zero-order valence-corrected chi connectivity index (χ0v) is 11.7. The molecule has 0 saturated carbocycles. The molecule has 2 heterocycles. The van der Waals surface area contributed by atoms with Crippen molar-refractivity contribution in [3.63, 3.8) is 0 Å². The molecule has 1 aromatic carbocycles. The maximum atomic E-state index is 14.5. The van der Waals surface area contributed by atoms with E-state index in [2.05, 4.69) is 24.2 Å². The van der Waals surface area contributed by atoms with Crippen molar-refractivity contribution in [2.75, 3.05) is 13.1 Å². The van der Waals surface area contributed by atoms with Gasteiger partial charge in [-0.05, 0) is 24.0 Å². The molecule has 0 radical (unpaired) electrons. The fraction of sp³-hybridized carbons (Fsp3) is 0.500. The largest absolute Gasteiger partial charge is 0.471 e. The van der Waals surface area contributed by atoms with Crippen LogP contribution in [0.25, 0.3) is 0 Å². The first-order chi connectivity index (χ1) is 8.94. The van der Waals surface area contributed by atoms with E-state index in [1.165, 1.54) is 12.5 Å². The molecule has 2 aliphatic heterocycles. The fourth-order valence-corrected chi connectivity index (χ4v) is 3.24. The number of benzene rings is 1. The minimum Gasteiger partial charge on any atom is -0.471 e. The molecule has 1 spiro atoms. The van der Waals surface area contributed by atoms with Gasteiger partial charge in [-0.3, -0.25) is 0 Å². The third-order valence-corrected chi connectivity index (χ3v) is 4.07. The van der Waals surface area contributed by atoms with Gasteiger partial charge in [-0.25, -0.2) is 9.38 Å². The molecule has 2 aliphatic rings. The molecule has 3 nitrogen and oxygen atoms in total. The highest BCUT2D eigenvalue weighted by Crippen LogP contribution is 2.47. The Balaban J connectivity index is 2.16. The average molecular weight is 283 g/mol. The number of aliphatic imine (C=N–C) groups is 1. The fourth-order valence-electron chi connectivity index (χ4n) is 3.09. The first-order valence-electron chi connectivity index (χ1n) is 6.33. The van der Waals surface area contributed by atoms with Crippen LogP contribution in [0.15, 0.2) is 17.1 Å². The lowest BCUT2D eigenvalue weighted by Gasteiger charge is -2.46. The SMILES string of the molecule is CC1(C)CNCC2(C1)OC=Nc1ccc(Cl)c(F)c12. The summed E-state index contributed by atoms with van der Waals surface area (Å²) in [6.45, 7) is 5.72. The van der Waals surface area contributed by atoms with Crippen molar-refractivity contribution in [1.82, 2.24) is 5.32 Å². The highest BCUT2D eigenvalue weighted by atomic mass is 35.5. The Morgan fingerprint density at radius 1 is 1.37 bits per heavy atom. The Hall–Kier alpha value is -1.13. The van der Waals surface area contributed by atoms with Crippen LogP contribution < -0.4 is 5.32 Å². The predicted molar refractivity (Wildman–Crippen MR) is 73.6 cm³/mol. The number of ether oxygens (including phenoxy) is 1. The smallest absolute Gasteiger partial charge is 0.175 e. The van der Waals surface area contributed by atoms with Crippen LogP contribution in [-0.2, 0) is 10.3 Å². The van der Waals surface area contributed by atoms with Gasteiger partial charge in [0.05, 0.1) is 16.3 Å². The van der Waals surface area contributed by atoms with E-state index in [0.717, 1.165) is 13.0 Å². The first kappa shape index (κ1) is 12.9. The number of hydrogen-bond acceptors (Lipinski definition) is 3. The van der Waals surface area contributed by atoms with Crippen molar-refractivity contribution in [3.8, 4) is 0 Å². The lowest BCUT2D eigenvalue weighted by Crippen LogP contribution is -2.53. The Bertz CT molecular complexity index is 559. The van der Waals surface area contributed by atoms with Gasteiger partial charge in [0.2, 0.25) is 0 Å². The summed E-state index contributed by atoms with van der Waals surface area (Å²) in [7, 11) is 0. The van der Waals surface area contributed by atoms with Gasteiger partial charge in [-0.1, -0.05) is 25.4 Å². The molecule has 3 rings (SSSR count). The van der Waals surface area contributed by atoms with Crippen LogP contribution in [0, 0.1) is 11.2 Å². The number of nitrogens with zero attached hydrogens (tertiary/aromatic N) is 1. The minimum absolute atomic E-state index is 0.0233. The lowest BCUT2D eigenvalue weighted by molar-refractivity contribution is -0.0168. The normalized spacial score (nSPS) is 28.0. The Labute approximate surface area is 116 Å². The highest BCUT2D eigenvalue weighted by Gasteiger charge is 2.47. The first-order valence-corrected chi connectivity index (χ1v) is 6.71. The number of rotatable bonds is 0. The third kappa shape index (κ3) is 2.03. The minimum atomic E-state index is -0.714. The molecule has 19 heavy (non-hydrogen) atoms. The molecule has 5 heteroatoms. The van der Waals surface area contributed by atoms with Gasteiger partial charge in [-0.15, -0.1) is 0 Å². The summed E-state index contributed by atoms with van der Waals surface area (Å²) in [5.41, 5.74) is 0.388. The zero-order valence-electron chi connectivity index (χ0n) is 11.0. The van der Waals surface area contributed by atoms with E-state index in [-0.39, 0.29) is 10.4 Å². The molecule has 1 atom stereocenters. The van der Waals surface area contributed by atoms with Crippen LogP contribution in [0.1, 0.15) is 25.8 Å². The Morgan fingerprint density at radius 2 is 2.16 bits per heavy atom. The van der Waals surface area contributed by atoms with Gasteiger partial charge in [0, 0.05) is 13.1 Å². The predicted octanol–water partition coefficient (Wildman–Crippen LogP) is 3.38. The molecule has 1 N–H and O–H groups in total. The summed E-state index contributed by atoms with van der Waals surface area (Å²) in [5.74, 6) is -0.421. The van der Waals surface area contributed by atoms with Gasteiger partial charge >= 0.3 is 0 Å². The number of piperidine rings is 1. The number of fused-ring (bicyclic) bond motifs is 2. The van der Waals surface area contributed by atoms with Crippen molar-refractivity contribution in [1.29, 1.82) is 0 Å². The summed E-state index contributed by atoms with van der Waals surface area (Å²) < 4.78 is 20.2. The summed E-state index contributed by atoms with van der Waals surface area (Å²) in [4.78, 5) is 4.12. The van der Waals surface area contributed by atoms with Crippen molar-refractivity contribution in [3.05, 3.63) is 28.5 Å². The van der Waals surface area contributed by atoms with Crippen LogP contribution in [0.4, 0.5) is 10.1 Å². The topological polar surface area (TPSA) is 33.6 Å². The van der Waals surface area contributed by atoms with Crippen molar-refractivity contribution >= 4 is 23.7 Å². The highest BCUT2D eigenvalue weighted by molar-refractivity contribution is 6.30. The summed E-state index contributed by atoms with van der Waals surface area (Å²) in [6, 6.07) is 3.27. The number of hydrogen-bond donors (Lipinski definition) is 1. The van der Waals surface area contributed by atoms with E-state index >= 15 is 0 Å². The van der Waals surface area contributed by atoms with Gasteiger partial charge in [0.25, 0.3) is 0 Å². The van der Waals surface area contributed by atoms with E-state index in [1.807, 2.05) is 0 Å². The maximum absolute atomic E-state index is 14.5. The van der Waals surface area contributed by atoms with E-state index in [4.69, 9.17) is 16.3 Å². The second kappa shape index (κ2) is 4.18. The molecule has 0 aliphatic carbocycles. The zero-order chi connectivity index (χ0) is 13.7. The molecule has 102 valence electrons. The Kier molecular flexibility index (Phi) is 2.84. The van der Waals surface area contributed by atoms with Crippen molar-refractivity contribution in [2.24, 2.45) is 10.4 Å². The molecular formula is C14H16ClFN2O. The van der Waals surface area contributed by atoms with Crippen LogP contribution >= 0.6 is 11.6 Å². The van der Waals surface area contributed by atoms with Crippen molar-refractivity contribution in [2.45, 2.75) is 25.9 Å². The molecule has 1 fully saturated rings. The number of halogens is 2. The van der Waals surface area contributed by atoms with E-state index in [1.54, 1.807) is 6.07 Å². The van der Waals surface area contributed by atoms with Crippen LogP contribution in [0.3, 0.4) is 0 Å². The van der Waals surface area contributed by atoms with Crippen LogP contribution in [0.5, 0.6) is 0 Å². The summed E-state index contributed by atoms with van der Waals surface area (Å²) >= 11 is 5.92. The second-order valence-corrected chi connectivity index (χ2v) is 6.45. The number of nitrogens with one attached hydrogen (secondary N) is 1. The molecule has 0 aromatic heterocycles.